The molecule has 1 aromatic carbocycles. The van der Waals surface area contributed by atoms with Crippen molar-refractivity contribution in [2.24, 2.45) is 0 Å². The Morgan fingerprint density at radius 3 is 3.05 bits per heavy atom. The van der Waals surface area contributed by atoms with Crippen LogP contribution in [0.25, 0.3) is 0 Å². The lowest BCUT2D eigenvalue weighted by Gasteiger charge is -2.03. The molecule has 96 valence electrons. The van der Waals surface area contributed by atoms with Gasteiger partial charge < -0.3 is 14.8 Å². The SMILES string of the molecule is N#Cc1sc(NCc2ccc3c(c2)OCO3)nc1Cl. The molecule has 2 heterocycles. The molecule has 0 saturated heterocycles. The number of anilines is 1. The van der Waals surface area contributed by atoms with Crippen LogP contribution in [-0.2, 0) is 6.54 Å². The molecule has 0 fully saturated rings. The summed E-state index contributed by atoms with van der Waals surface area (Å²) in [6, 6.07) is 7.72. The van der Waals surface area contributed by atoms with Crippen LogP contribution >= 0.6 is 22.9 Å². The smallest absolute Gasteiger partial charge is 0.231 e. The highest BCUT2D eigenvalue weighted by Crippen LogP contribution is 2.33. The van der Waals surface area contributed by atoms with E-state index in [9.17, 15) is 0 Å². The Hall–Kier alpha value is -1.97. The Labute approximate surface area is 118 Å². The Balaban J connectivity index is 1.70. The van der Waals surface area contributed by atoms with Crippen molar-refractivity contribution in [3.05, 3.63) is 33.8 Å². The van der Waals surface area contributed by atoms with Gasteiger partial charge in [-0.15, -0.1) is 0 Å². The highest BCUT2D eigenvalue weighted by Gasteiger charge is 2.13. The summed E-state index contributed by atoms with van der Waals surface area (Å²) in [5, 5.41) is 12.8. The van der Waals surface area contributed by atoms with Gasteiger partial charge in [-0.3, -0.25) is 0 Å². The molecule has 7 heteroatoms. The Bertz CT molecular complexity index is 665. The van der Waals surface area contributed by atoms with Crippen LogP contribution in [0.1, 0.15) is 10.4 Å². The number of hydrogen-bond acceptors (Lipinski definition) is 6. The third-order valence-corrected chi connectivity index (χ3v) is 3.87. The van der Waals surface area contributed by atoms with Crippen molar-refractivity contribution in [1.82, 2.24) is 4.98 Å². The minimum Gasteiger partial charge on any atom is -0.454 e. The zero-order valence-electron chi connectivity index (χ0n) is 9.64. The summed E-state index contributed by atoms with van der Waals surface area (Å²) in [4.78, 5) is 4.48. The van der Waals surface area contributed by atoms with Gasteiger partial charge in [-0.25, -0.2) is 4.98 Å². The Morgan fingerprint density at radius 1 is 1.42 bits per heavy atom. The van der Waals surface area contributed by atoms with E-state index < -0.39 is 0 Å². The molecule has 0 bridgehead atoms. The fourth-order valence-electron chi connectivity index (χ4n) is 1.67. The molecule has 0 amide bonds. The molecule has 0 spiro atoms. The molecule has 2 aromatic rings. The molecular weight excluding hydrogens is 286 g/mol. The number of aromatic nitrogens is 1. The van der Waals surface area contributed by atoms with E-state index in [0.717, 1.165) is 17.1 Å². The van der Waals surface area contributed by atoms with Gasteiger partial charge in [-0.05, 0) is 17.7 Å². The number of hydrogen-bond donors (Lipinski definition) is 1. The number of benzene rings is 1. The second kappa shape index (κ2) is 4.96. The van der Waals surface area contributed by atoms with Crippen molar-refractivity contribution in [3.8, 4) is 17.6 Å². The summed E-state index contributed by atoms with van der Waals surface area (Å²) in [5.41, 5.74) is 1.04. The molecular formula is C12H8ClN3O2S. The van der Waals surface area contributed by atoms with Crippen LogP contribution in [0.4, 0.5) is 5.13 Å². The molecule has 5 nitrogen and oxygen atoms in total. The van der Waals surface area contributed by atoms with Crippen LogP contribution in [0.3, 0.4) is 0 Å². The molecule has 1 aliphatic heterocycles. The van der Waals surface area contributed by atoms with Gasteiger partial charge >= 0.3 is 0 Å². The molecule has 19 heavy (non-hydrogen) atoms. The van der Waals surface area contributed by atoms with Crippen molar-refractivity contribution >= 4 is 28.1 Å². The van der Waals surface area contributed by atoms with Crippen molar-refractivity contribution in [2.45, 2.75) is 6.54 Å². The van der Waals surface area contributed by atoms with Crippen LogP contribution < -0.4 is 14.8 Å². The van der Waals surface area contributed by atoms with Gasteiger partial charge in [0.1, 0.15) is 10.9 Å². The fraction of sp³-hybridized carbons (Fsp3) is 0.167. The minimum atomic E-state index is 0.237. The van der Waals surface area contributed by atoms with Gasteiger partial charge in [0.25, 0.3) is 0 Å². The van der Waals surface area contributed by atoms with Crippen molar-refractivity contribution in [3.63, 3.8) is 0 Å². The number of nitriles is 1. The summed E-state index contributed by atoms with van der Waals surface area (Å²) in [5.74, 6) is 1.50. The first-order chi connectivity index (χ1) is 9.26. The van der Waals surface area contributed by atoms with Gasteiger partial charge in [0.2, 0.25) is 6.79 Å². The van der Waals surface area contributed by atoms with E-state index >= 15 is 0 Å². The van der Waals surface area contributed by atoms with Crippen molar-refractivity contribution in [2.75, 3.05) is 12.1 Å². The van der Waals surface area contributed by atoms with Gasteiger partial charge in [-0.2, -0.15) is 5.26 Å². The maximum absolute atomic E-state index is 8.80. The molecule has 1 N–H and O–H groups in total. The molecule has 0 radical (unpaired) electrons. The second-order valence-electron chi connectivity index (χ2n) is 3.79. The third-order valence-electron chi connectivity index (χ3n) is 2.57. The van der Waals surface area contributed by atoms with Crippen LogP contribution in [-0.4, -0.2) is 11.8 Å². The summed E-state index contributed by atoms with van der Waals surface area (Å²) >= 11 is 7.04. The van der Waals surface area contributed by atoms with Gasteiger partial charge in [-0.1, -0.05) is 29.0 Å². The van der Waals surface area contributed by atoms with Gasteiger partial charge in [0.15, 0.2) is 21.8 Å². The monoisotopic (exact) mass is 293 g/mol. The average molecular weight is 294 g/mol. The third kappa shape index (κ3) is 2.43. The molecule has 1 aliphatic rings. The number of rotatable bonds is 3. The predicted octanol–water partition coefficient (Wildman–Crippen LogP) is 3.01. The van der Waals surface area contributed by atoms with Gasteiger partial charge in [0.05, 0.1) is 0 Å². The van der Waals surface area contributed by atoms with E-state index in [1.165, 1.54) is 11.3 Å². The Kier molecular flexibility index (Phi) is 3.15. The number of thiazole rings is 1. The maximum atomic E-state index is 8.80. The molecule has 0 aliphatic carbocycles. The quantitative estimate of drug-likeness (QED) is 0.942. The zero-order valence-corrected chi connectivity index (χ0v) is 11.2. The highest BCUT2D eigenvalue weighted by atomic mass is 35.5. The van der Waals surface area contributed by atoms with E-state index in [-0.39, 0.29) is 11.9 Å². The predicted molar refractivity (Wildman–Crippen MR) is 71.7 cm³/mol. The van der Waals surface area contributed by atoms with Crippen LogP contribution in [0.5, 0.6) is 11.5 Å². The number of nitrogens with zero attached hydrogens (tertiary/aromatic N) is 2. The summed E-state index contributed by atoms with van der Waals surface area (Å²) in [6.45, 7) is 0.838. The molecule has 0 saturated carbocycles. The van der Waals surface area contributed by atoms with Crippen LogP contribution in [0, 0.1) is 11.3 Å². The Morgan fingerprint density at radius 2 is 2.26 bits per heavy atom. The number of halogens is 1. The minimum absolute atomic E-state index is 0.237. The summed E-state index contributed by atoms with van der Waals surface area (Å²) in [6.07, 6.45) is 0. The van der Waals surface area contributed by atoms with Gasteiger partial charge in [0, 0.05) is 6.54 Å². The van der Waals surface area contributed by atoms with Crippen molar-refractivity contribution < 1.29 is 9.47 Å². The lowest BCUT2D eigenvalue weighted by Crippen LogP contribution is -1.98. The molecule has 0 unspecified atom stereocenters. The topological polar surface area (TPSA) is 67.2 Å². The lowest BCUT2D eigenvalue weighted by molar-refractivity contribution is 0.174. The van der Waals surface area contributed by atoms with Crippen LogP contribution in [0.2, 0.25) is 5.15 Å². The maximum Gasteiger partial charge on any atom is 0.231 e. The molecule has 1 aromatic heterocycles. The fourth-order valence-corrected chi connectivity index (χ4v) is 2.62. The summed E-state index contributed by atoms with van der Waals surface area (Å²) < 4.78 is 10.5. The first kappa shape index (κ1) is 12.1. The van der Waals surface area contributed by atoms with E-state index in [1.54, 1.807) is 0 Å². The number of nitrogens with one attached hydrogen (secondary N) is 1. The van der Waals surface area contributed by atoms with Crippen LogP contribution in [0.15, 0.2) is 18.2 Å². The van der Waals surface area contributed by atoms with E-state index in [2.05, 4.69) is 10.3 Å². The summed E-state index contributed by atoms with van der Waals surface area (Å²) in [7, 11) is 0. The number of ether oxygens (including phenoxy) is 2. The average Bonchev–Trinajstić information content (AvgIpc) is 3.01. The first-order valence-electron chi connectivity index (χ1n) is 5.45. The number of fused-ring (bicyclic) bond motifs is 1. The zero-order chi connectivity index (χ0) is 13.2. The van der Waals surface area contributed by atoms with E-state index in [1.807, 2.05) is 24.3 Å². The lowest BCUT2D eigenvalue weighted by atomic mass is 10.2. The normalized spacial score (nSPS) is 12.2. The largest absolute Gasteiger partial charge is 0.454 e. The van der Waals surface area contributed by atoms with E-state index in [0.29, 0.717) is 16.6 Å². The molecule has 3 rings (SSSR count). The molecule has 0 atom stereocenters. The van der Waals surface area contributed by atoms with Crippen molar-refractivity contribution in [1.29, 1.82) is 5.26 Å². The van der Waals surface area contributed by atoms with E-state index in [4.69, 9.17) is 26.3 Å². The second-order valence-corrected chi connectivity index (χ2v) is 5.15. The standard InChI is InChI=1S/C12H8ClN3O2S/c13-11-10(4-14)19-12(16-11)15-5-7-1-2-8-9(3-7)18-6-17-8/h1-3H,5-6H2,(H,15,16). The highest BCUT2D eigenvalue weighted by molar-refractivity contribution is 7.16. The first-order valence-corrected chi connectivity index (χ1v) is 6.64.